The fourth-order valence-electron chi connectivity index (χ4n) is 4.58. The van der Waals surface area contributed by atoms with Crippen molar-refractivity contribution < 1.29 is 13.2 Å². The minimum absolute atomic E-state index is 0.0407. The van der Waals surface area contributed by atoms with E-state index in [1.165, 1.54) is 5.56 Å². The van der Waals surface area contributed by atoms with Gasteiger partial charge in [0.25, 0.3) is 0 Å². The van der Waals surface area contributed by atoms with Gasteiger partial charge in [0, 0.05) is 48.8 Å². The minimum Gasteiger partial charge on any atom is -0.366 e. The number of nitrogens with zero attached hydrogens (tertiary/aromatic N) is 3. The van der Waals surface area contributed by atoms with Crippen LogP contribution >= 0.6 is 15.9 Å². The second kappa shape index (κ2) is 8.56. The molecular weight excluding hydrogens is 478 g/mol. The first-order valence-electron chi connectivity index (χ1n) is 10.7. The van der Waals surface area contributed by atoms with Gasteiger partial charge in [-0.1, -0.05) is 35.0 Å². The maximum atomic E-state index is 13.7. The topological polar surface area (TPSA) is 60.9 Å². The molecule has 1 fully saturated rings. The number of hydrogen-bond acceptors (Lipinski definition) is 4. The number of benzene rings is 2. The number of fused-ring (bicyclic) bond motifs is 1. The van der Waals surface area contributed by atoms with Gasteiger partial charge in [-0.25, -0.2) is 8.42 Å². The van der Waals surface area contributed by atoms with Crippen LogP contribution in [-0.2, 0) is 21.2 Å². The van der Waals surface area contributed by atoms with E-state index < -0.39 is 10.0 Å². The zero-order valence-electron chi connectivity index (χ0n) is 18.1. The fourth-order valence-corrected chi connectivity index (χ4v) is 7.01. The van der Waals surface area contributed by atoms with Crippen molar-refractivity contribution in [1.29, 1.82) is 0 Å². The maximum absolute atomic E-state index is 13.7. The first-order valence-corrected chi connectivity index (χ1v) is 12.9. The Bertz CT molecular complexity index is 1120. The van der Waals surface area contributed by atoms with Crippen LogP contribution in [0, 0.1) is 6.92 Å². The molecule has 2 aromatic rings. The van der Waals surface area contributed by atoms with Crippen LogP contribution in [0.1, 0.15) is 31.4 Å². The summed E-state index contributed by atoms with van der Waals surface area (Å²) in [4.78, 5) is 16.6. The van der Waals surface area contributed by atoms with Gasteiger partial charge in [-0.2, -0.15) is 4.31 Å². The van der Waals surface area contributed by atoms with E-state index >= 15 is 0 Å². The largest absolute Gasteiger partial charge is 0.366 e. The first-order chi connectivity index (χ1) is 14.7. The molecule has 1 atom stereocenters. The number of sulfonamides is 1. The van der Waals surface area contributed by atoms with Gasteiger partial charge in [-0.15, -0.1) is 0 Å². The monoisotopic (exact) mass is 505 g/mol. The Morgan fingerprint density at radius 3 is 2.61 bits per heavy atom. The number of halogens is 1. The summed E-state index contributed by atoms with van der Waals surface area (Å²) in [6.45, 7) is 7.88. The molecule has 0 aliphatic carbocycles. The lowest BCUT2D eigenvalue weighted by molar-refractivity contribution is -0.118. The number of carbonyl (C=O) groups is 1. The summed E-state index contributed by atoms with van der Waals surface area (Å²) >= 11 is 3.47. The van der Waals surface area contributed by atoms with E-state index in [9.17, 15) is 13.2 Å². The highest BCUT2D eigenvalue weighted by atomic mass is 79.9. The van der Waals surface area contributed by atoms with E-state index in [-0.39, 0.29) is 16.8 Å². The molecular formula is C23H28BrN3O3S. The molecule has 6 nitrogen and oxygen atoms in total. The molecule has 0 bridgehead atoms. The summed E-state index contributed by atoms with van der Waals surface area (Å²) in [6, 6.07) is 11.9. The number of piperazine rings is 1. The Hall–Kier alpha value is -1.90. The van der Waals surface area contributed by atoms with Crippen LogP contribution in [0.3, 0.4) is 0 Å². The van der Waals surface area contributed by atoms with Crippen molar-refractivity contribution in [2.75, 3.05) is 36.0 Å². The SMILES string of the molecule is CCC(=O)N1CCc2cc(Br)cc(S(=O)(=O)N3CCN(c4cccc(C)c4)[C@@H](C)C3)c21. The quantitative estimate of drug-likeness (QED) is 0.630. The van der Waals surface area contributed by atoms with Crippen LogP contribution in [0.25, 0.3) is 0 Å². The lowest BCUT2D eigenvalue weighted by atomic mass is 10.1. The molecule has 0 aromatic heterocycles. The molecule has 2 heterocycles. The van der Waals surface area contributed by atoms with Crippen LogP contribution in [0.4, 0.5) is 11.4 Å². The lowest BCUT2D eigenvalue weighted by Gasteiger charge is -2.41. The van der Waals surface area contributed by atoms with E-state index in [0.717, 1.165) is 15.7 Å². The highest BCUT2D eigenvalue weighted by Gasteiger charge is 2.37. The molecule has 4 rings (SSSR count). The van der Waals surface area contributed by atoms with E-state index in [1.54, 1.807) is 22.2 Å². The van der Waals surface area contributed by atoms with Gasteiger partial charge in [-0.3, -0.25) is 4.79 Å². The number of hydrogen-bond donors (Lipinski definition) is 0. The Balaban J connectivity index is 1.65. The van der Waals surface area contributed by atoms with Crippen molar-refractivity contribution in [3.8, 4) is 0 Å². The molecule has 1 amide bonds. The van der Waals surface area contributed by atoms with Crippen LogP contribution in [0.15, 0.2) is 45.8 Å². The summed E-state index contributed by atoms with van der Waals surface area (Å²) in [6.07, 6.45) is 1.02. The van der Waals surface area contributed by atoms with Gasteiger partial charge in [0.05, 0.1) is 5.69 Å². The summed E-state index contributed by atoms with van der Waals surface area (Å²) in [5.41, 5.74) is 3.77. The zero-order valence-corrected chi connectivity index (χ0v) is 20.5. The summed E-state index contributed by atoms with van der Waals surface area (Å²) in [5, 5.41) is 0. The molecule has 2 aliphatic rings. The van der Waals surface area contributed by atoms with E-state index in [1.807, 2.05) is 12.1 Å². The van der Waals surface area contributed by atoms with Crippen LogP contribution in [-0.4, -0.2) is 50.9 Å². The number of anilines is 2. The molecule has 0 saturated carbocycles. The molecule has 31 heavy (non-hydrogen) atoms. The molecule has 8 heteroatoms. The molecule has 0 spiro atoms. The summed E-state index contributed by atoms with van der Waals surface area (Å²) in [7, 11) is -3.75. The predicted molar refractivity (Wildman–Crippen MR) is 127 cm³/mol. The van der Waals surface area contributed by atoms with Crippen molar-refractivity contribution in [2.45, 2.75) is 44.6 Å². The van der Waals surface area contributed by atoms with Gasteiger partial charge in [0.2, 0.25) is 15.9 Å². The number of amides is 1. The second-order valence-corrected chi connectivity index (χ2v) is 11.1. The van der Waals surface area contributed by atoms with Crippen LogP contribution < -0.4 is 9.80 Å². The van der Waals surface area contributed by atoms with Gasteiger partial charge in [0.1, 0.15) is 4.90 Å². The van der Waals surface area contributed by atoms with Crippen molar-refractivity contribution in [3.05, 3.63) is 52.0 Å². The molecule has 0 N–H and O–H groups in total. The highest BCUT2D eigenvalue weighted by Crippen LogP contribution is 2.39. The predicted octanol–water partition coefficient (Wildman–Crippen LogP) is 3.96. The summed E-state index contributed by atoms with van der Waals surface area (Å²) < 4.78 is 29.8. The van der Waals surface area contributed by atoms with Crippen molar-refractivity contribution in [3.63, 3.8) is 0 Å². The van der Waals surface area contributed by atoms with Crippen LogP contribution in [0.2, 0.25) is 0 Å². The van der Waals surface area contributed by atoms with E-state index in [2.05, 4.69) is 52.9 Å². The Kier molecular flexibility index (Phi) is 6.16. The van der Waals surface area contributed by atoms with Gasteiger partial charge < -0.3 is 9.80 Å². The van der Waals surface area contributed by atoms with Crippen molar-refractivity contribution in [2.24, 2.45) is 0 Å². The third-order valence-electron chi connectivity index (χ3n) is 6.14. The van der Waals surface area contributed by atoms with Gasteiger partial charge in [-0.05, 0) is 55.7 Å². The molecule has 2 aromatic carbocycles. The maximum Gasteiger partial charge on any atom is 0.245 e. The minimum atomic E-state index is -3.75. The second-order valence-electron chi connectivity index (χ2n) is 8.31. The standard InChI is InChI=1S/C23H28BrN3O3S/c1-4-22(28)27-9-8-18-13-19(24)14-21(23(18)27)31(29,30)25-10-11-26(17(3)15-25)20-7-5-6-16(2)12-20/h5-7,12-14,17H,4,8-11,15H2,1-3H3/t17-/m0/s1. The Morgan fingerprint density at radius 1 is 1.16 bits per heavy atom. The van der Waals surface area contributed by atoms with E-state index in [0.29, 0.717) is 44.7 Å². The third kappa shape index (κ3) is 4.13. The van der Waals surface area contributed by atoms with Gasteiger partial charge in [0.15, 0.2) is 0 Å². The Labute approximate surface area is 193 Å². The number of aryl methyl sites for hydroxylation is 1. The Morgan fingerprint density at radius 2 is 1.94 bits per heavy atom. The third-order valence-corrected chi connectivity index (χ3v) is 8.47. The van der Waals surface area contributed by atoms with Gasteiger partial charge >= 0.3 is 0 Å². The van der Waals surface area contributed by atoms with Crippen molar-refractivity contribution >= 4 is 43.2 Å². The number of rotatable bonds is 4. The average molecular weight is 506 g/mol. The first kappa shape index (κ1) is 22.3. The summed E-state index contributed by atoms with van der Waals surface area (Å²) in [5.74, 6) is -0.0462. The van der Waals surface area contributed by atoms with Crippen molar-refractivity contribution in [1.82, 2.24) is 4.31 Å². The molecule has 1 saturated heterocycles. The highest BCUT2D eigenvalue weighted by molar-refractivity contribution is 9.10. The normalized spacial score (nSPS) is 19.5. The number of carbonyl (C=O) groups excluding carboxylic acids is 1. The smallest absolute Gasteiger partial charge is 0.245 e. The molecule has 166 valence electrons. The lowest BCUT2D eigenvalue weighted by Crippen LogP contribution is -2.53. The molecule has 2 aliphatic heterocycles. The molecule has 0 radical (unpaired) electrons. The van der Waals surface area contributed by atoms with E-state index in [4.69, 9.17) is 0 Å². The molecule has 0 unspecified atom stereocenters. The fraction of sp³-hybridized carbons (Fsp3) is 0.435. The van der Waals surface area contributed by atoms with Crippen LogP contribution in [0.5, 0.6) is 0 Å². The average Bonchev–Trinajstić information content (AvgIpc) is 3.16. The zero-order chi connectivity index (χ0) is 22.3.